The van der Waals surface area contributed by atoms with Crippen LogP contribution in [0.15, 0.2) is 22.8 Å². The predicted octanol–water partition coefficient (Wildman–Crippen LogP) is 3.61. The maximum absolute atomic E-state index is 5.54. The van der Waals surface area contributed by atoms with E-state index in [0.29, 0.717) is 6.04 Å². The number of hydrogen-bond donors (Lipinski definition) is 1. The molecule has 0 bridgehead atoms. The molecule has 1 fully saturated rings. The minimum Gasteiger partial charge on any atom is -0.468 e. The Hall–Kier alpha value is -0.760. The topological polar surface area (TPSA) is 25.2 Å². The summed E-state index contributed by atoms with van der Waals surface area (Å²) in [5.74, 6) is 3.53. The maximum Gasteiger partial charge on any atom is 0.120 e. The number of furan rings is 1. The minimum absolute atomic E-state index is 0.393. The fourth-order valence-electron chi connectivity index (χ4n) is 2.97. The van der Waals surface area contributed by atoms with Crippen molar-refractivity contribution in [1.82, 2.24) is 5.32 Å². The van der Waals surface area contributed by atoms with Crippen LogP contribution in [0.2, 0.25) is 0 Å². The van der Waals surface area contributed by atoms with E-state index in [1.165, 1.54) is 19.3 Å². The Labute approximate surface area is 98.4 Å². The van der Waals surface area contributed by atoms with Gasteiger partial charge in [-0.2, -0.15) is 0 Å². The van der Waals surface area contributed by atoms with Crippen LogP contribution in [-0.2, 0) is 0 Å². The second-order valence-corrected chi connectivity index (χ2v) is 5.31. The van der Waals surface area contributed by atoms with Crippen LogP contribution in [0, 0.1) is 17.8 Å². The number of rotatable bonds is 3. The van der Waals surface area contributed by atoms with Gasteiger partial charge >= 0.3 is 0 Å². The first-order valence-corrected chi connectivity index (χ1v) is 6.43. The molecule has 1 aromatic heterocycles. The first-order valence-electron chi connectivity index (χ1n) is 6.43. The Bertz CT molecular complexity index is 307. The molecule has 0 aromatic carbocycles. The highest BCUT2D eigenvalue weighted by molar-refractivity contribution is 5.06. The van der Waals surface area contributed by atoms with E-state index >= 15 is 0 Å². The highest BCUT2D eigenvalue weighted by atomic mass is 16.3. The van der Waals surface area contributed by atoms with E-state index in [1.54, 1.807) is 6.26 Å². The van der Waals surface area contributed by atoms with Crippen molar-refractivity contribution >= 4 is 0 Å². The summed E-state index contributed by atoms with van der Waals surface area (Å²) in [6, 6.07) is 4.46. The summed E-state index contributed by atoms with van der Waals surface area (Å²) >= 11 is 0. The van der Waals surface area contributed by atoms with Crippen molar-refractivity contribution in [2.24, 2.45) is 17.8 Å². The van der Waals surface area contributed by atoms with Gasteiger partial charge in [0.05, 0.1) is 12.3 Å². The van der Waals surface area contributed by atoms with Crippen molar-refractivity contribution < 1.29 is 4.42 Å². The van der Waals surface area contributed by atoms with Crippen molar-refractivity contribution in [2.45, 2.75) is 39.2 Å². The molecule has 90 valence electrons. The molecule has 4 atom stereocenters. The van der Waals surface area contributed by atoms with Gasteiger partial charge in [0, 0.05) is 0 Å². The zero-order valence-corrected chi connectivity index (χ0v) is 10.6. The Kier molecular flexibility index (Phi) is 3.70. The maximum atomic E-state index is 5.54. The van der Waals surface area contributed by atoms with Gasteiger partial charge in [0.15, 0.2) is 0 Å². The first-order chi connectivity index (χ1) is 7.72. The summed E-state index contributed by atoms with van der Waals surface area (Å²) in [5, 5.41) is 3.42. The van der Waals surface area contributed by atoms with Crippen molar-refractivity contribution in [3.63, 3.8) is 0 Å². The van der Waals surface area contributed by atoms with E-state index in [2.05, 4.69) is 25.2 Å². The molecule has 1 saturated carbocycles. The Balaban J connectivity index is 2.05. The molecular formula is C14H23NO. The van der Waals surface area contributed by atoms with E-state index < -0.39 is 0 Å². The van der Waals surface area contributed by atoms with Crippen LogP contribution in [0.4, 0.5) is 0 Å². The molecule has 2 rings (SSSR count). The number of nitrogens with one attached hydrogen (secondary N) is 1. The molecular weight excluding hydrogens is 198 g/mol. The third-order valence-electron chi connectivity index (χ3n) is 4.27. The van der Waals surface area contributed by atoms with E-state index in [1.807, 2.05) is 13.1 Å². The van der Waals surface area contributed by atoms with Gasteiger partial charge in [0.25, 0.3) is 0 Å². The Morgan fingerprint density at radius 3 is 2.69 bits per heavy atom. The van der Waals surface area contributed by atoms with Gasteiger partial charge in [0.1, 0.15) is 5.76 Å². The fourth-order valence-corrected chi connectivity index (χ4v) is 2.97. The lowest BCUT2D eigenvalue weighted by Gasteiger charge is -2.35. The van der Waals surface area contributed by atoms with Gasteiger partial charge in [-0.05, 0) is 49.8 Å². The van der Waals surface area contributed by atoms with Gasteiger partial charge in [-0.25, -0.2) is 0 Å². The highest BCUT2D eigenvalue weighted by Crippen LogP contribution is 2.39. The SMILES string of the molecule is CNC(c1ccco1)C1CCC(C)C(C)C1. The molecule has 2 heteroatoms. The molecule has 0 amide bonds. The van der Waals surface area contributed by atoms with Gasteiger partial charge in [0.2, 0.25) is 0 Å². The highest BCUT2D eigenvalue weighted by Gasteiger charge is 2.31. The molecule has 0 spiro atoms. The lowest BCUT2D eigenvalue weighted by Crippen LogP contribution is -2.31. The summed E-state index contributed by atoms with van der Waals surface area (Å²) < 4.78 is 5.54. The quantitative estimate of drug-likeness (QED) is 0.843. The largest absolute Gasteiger partial charge is 0.468 e. The molecule has 1 heterocycles. The van der Waals surface area contributed by atoms with Crippen molar-refractivity contribution in [3.05, 3.63) is 24.2 Å². The van der Waals surface area contributed by atoms with Crippen LogP contribution < -0.4 is 5.32 Å². The average molecular weight is 221 g/mol. The standard InChI is InChI=1S/C14H23NO/c1-10-6-7-12(9-11(10)2)14(15-3)13-5-4-8-16-13/h4-5,8,10-12,14-15H,6-7,9H2,1-3H3. The molecule has 1 aromatic rings. The third kappa shape index (κ3) is 2.32. The minimum atomic E-state index is 0.393. The van der Waals surface area contributed by atoms with Crippen LogP contribution >= 0.6 is 0 Å². The zero-order valence-electron chi connectivity index (χ0n) is 10.6. The molecule has 0 aliphatic heterocycles. The fraction of sp³-hybridized carbons (Fsp3) is 0.714. The monoisotopic (exact) mass is 221 g/mol. The lowest BCUT2D eigenvalue weighted by atomic mass is 9.73. The Morgan fingerprint density at radius 1 is 1.31 bits per heavy atom. The van der Waals surface area contributed by atoms with Gasteiger partial charge in [-0.15, -0.1) is 0 Å². The second kappa shape index (κ2) is 5.05. The van der Waals surface area contributed by atoms with Crippen LogP contribution in [-0.4, -0.2) is 7.05 Å². The smallest absolute Gasteiger partial charge is 0.120 e. The molecule has 1 N–H and O–H groups in total. The van der Waals surface area contributed by atoms with E-state index in [9.17, 15) is 0 Å². The van der Waals surface area contributed by atoms with E-state index in [-0.39, 0.29) is 0 Å². The lowest BCUT2D eigenvalue weighted by molar-refractivity contribution is 0.164. The molecule has 0 saturated heterocycles. The predicted molar refractivity (Wildman–Crippen MR) is 66.2 cm³/mol. The summed E-state index contributed by atoms with van der Waals surface area (Å²) in [6.07, 6.45) is 5.75. The summed E-state index contributed by atoms with van der Waals surface area (Å²) in [7, 11) is 2.04. The van der Waals surface area contributed by atoms with Gasteiger partial charge in [-0.3, -0.25) is 0 Å². The van der Waals surface area contributed by atoms with Crippen molar-refractivity contribution in [1.29, 1.82) is 0 Å². The van der Waals surface area contributed by atoms with Gasteiger partial charge < -0.3 is 9.73 Å². The second-order valence-electron chi connectivity index (χ2n) is 5.31. The van der Waals surface area contributed by atoms with Crippen molar-refractivity contribution in [3.8, 4) is 0 Å². The van der Waals surface area contributed by atoms with E-state index in [0.717, 1.165) is 23.5 Å². The molecule has 4 unspecified atom stereocenters. The van der Waals surface area contributed by atoms with Crippen molar-refractivity contribution in [2.75, 3.05) is 7.05 Å². The van der Waals surface area contributed by atoms with Crippen LogP contribution in [0.3, 0.4) is 0 Å². The van der Waals surface area contributed by atoms with E-state index in [4.69, 9.17) is 4.42 Å². The molecule has 1 aliphatic rings. The molecule has 0 radical (unpaired) electrons. The molecule has 16 heavy (non-hydrogen) atoms. The summed E-state index contributed by atoms with van der Waals surface area (Å²) in [4.78, 5) is 0. The Morgan fingerprint density at radius 2 is 2.12 bits per heavy atom. The first kappa shape index (κ1) is 11.7. The van der Waals surface area contributed by atoms with Gasteiger partial charge in [-0.1, -0.05) is 20.3 Å². The van der Waals surface area contributed by atoms with Crippen LogP contribution in [0.1, 0.15) is 44.9 Å². The molecule has 2 nitrogen and oxygen atoms in total. The normalized spacial score (nSPS) is 32.6. The summed E-state index contributed by atoms with van der Waals surface area (Å²) in [6.45, 7) is 4.76. The summed E-state index contributed by atoms with van der Waals surface area (Å²) in [5.41, 5.74) is 0. The average Bonchev–Trinajstić information content (AvgIpc) is 2.78. The van der Waals surface area contributed by atoms with Crippen LogP contribution in [0.5, 0.6) is 0 Å². The van der Waals surface area contributed by atoms with Crippen LogP contribution in [0.25, 0.3) is 0 Å². The third-order valence-corrected chi connectivity index (χ3v) is 4.27. The zero-order chi connectivity index (χ0) is 11.5. The number of hydrogen-bond acceptors (Lipinski definition) is 2. The molecule has 1 aliphatic carbocycles.